The Balaban J connectivity index is 1.61. The third-order valence-corrected chi connectivity index (χ3v) is 13.1. The van der Waals surface area contributed by atoms with Gasteiger partial charge in [-0.3, -0.25) is 4.79 Å². The molecule has 0 aliphatic heterocycles. The highest BCUT2D eigenvalue weighted by Gasteiger charge is 2.71. The molecule has 0 aromatic carbocycles. The summed E-state index contributed by atoms with van der Waals surface area (Å²) >= 11 is 0. The molecule has 34 heavy (non-hydrogen) atoms. The van der Waals surface area contributed by atoms with Crippen molar-refractivity contribution in [3.63, 3.8) is 0 Å². The summed E-state index contributed by atoms with van der Waals surface area (Å²) in [4.78, 5) is 12.4. The molecule has 4 fully saturated rings. The van der Waals surface area contributed by atoms with Crippen LogP contribution in [-0.4, -0.2) is 12.1 Å². The van der Waals surface area contributed by atoms with Crippen LogP contribution in [0.4, 0.5) is 0 Å². The van der Waals surface area contributed by atoms with Crippen molar-refractivity contribution in [1.82, 2.24) is 0 Å². The number of carbonyl (C=O) groups excluding carboxylic acids is 1. The minimum absolute atomic E-state index is 0.0640. The van der Waals surface area contributed by atoms with Gasteiger partial charge in [0.25, 0.3) is 0 Å². The molecule has 0 heterocycles. The van der Waals surface area contributed by atoms with Gasteiger partial charge in [0.1, 0.15) is 6.10 Å². The molecule has 5 aliphatic rings. The van der Waals surface area contributed by atoms with Crippen LogP contribution < -0.4 is 0 Å². The Bertz CT molecular complexity index is 897. The fourth-order valence-corrected chi connectivity index (χ4v) is 11.9. The average molecular weight is 469 g/mol. The zero-order chi connectivity index (χ0) is 24.9. The van der Waals surface area contributed by atoms with Crippen LogP contribution in [0.15, 0.2) is 11.1 Å². The topological polar surface area (TPSA) is 26.3 Å². The van der Waals surface area contributed by atoms with Gasteiger partial charge in [-0.25, -0.2) is 0 Å². The van der Waals surface area contributed by atoms with E-state index in [0.29, 0.717) is 22.7 Å². The molecule has 0 saturated heterocycles. The third kappa shape index (κ3) is 3.08. The molecule has 8 atom stereocenters. The Kier molecular flexibility index (Phi) is 5.57. The number of fused-ring (bicyclic) bond motifs is 7. The minimum Gasteiger partial charge on any atom is -0.462 e. The van der Waals surface area contributed by atoms with E-state index in [1.54, 1.807) is 12.5 Å². The van der Waals surface area contributed by atoms with Gasteiger partial charge in [0.15, 0.2) is 0 Å². The minimum atomic E-state index is -0.0773. The standard InChI is InChI=1S/C32H52O2/c1-20(2)22-13-17-29(6)23(22)14-18-31(8)25(29)11-12-26-30(7)16-10-15-28(4,5)27(30)24(34-21(3)33)19-32(26,31)9/h20,24-27H,10-19H2,1-9H3/t24-,25+,26+,27?,29-,30+,31+,32+/m0/s1. The molecule has 0 amide bonds. The normalized spacial score (nSPS) is 49.7. The molecule has 2 heteroatoms. The molecule has 5 aliphatic carbocycles. The van der Waals surface area contributed by atoms with Gasteiger partial charge in [0.05, 0.1) is 0 Å². The van der Waals surface area contributed by atoms with Gasteiger partial charge in [-0.2, -0.15) is 0 Å². The third-order valence-electron chi connectivity index (χ3n) is 13.1. The summed E-state index contributed by atoms with van der Waals surface area (Å²) in [6, 6.07) is 0. The zero-order valence-corrected chi connectivity index (χ0v) is 23.8. The molecule has 0 spiro atoms. The van der Waals surface area contributed by atoms with Gasteiger partial charge >= 0.3 is 5.97 Å². The van der Waals surface area contributed by atoms with Crippen molar-refractivity contribution in [1.29, 1.82) is 0 Å². The number of rotatable bonds is 2. The Morgan fingerprint density at radius 3 is 2.21 bits per heavy atom. The largest absolute Gasteiger partial charge is 0.462 e. The smallest absolute Gasteiger partial charge is 0.302 e. The van der Waals surface area contributed by atoms with E-state index in [9.17, 15) is 4.79 Å². The summed E-state index contributed by atoms with van der Waals surface area (Å²) in [5.41, 5.74) is 5.05. The Hall–Kier alpha value is -0.790. The van der Waals surface area contributed by atoms with Crippen LogP contribution in [0.5, 0.6) is 0 Å². The number of esters is 1. The van der Waals surface area contributed by atoms with Gasteiger partial charge < -0.3 is 4.74 Å². The molecule has 192 valence electrons. The molecule has 0 aromatic rings. The predicted octanol–water partition coefficient (Wildman–Crippen LogP) is 8.74. The van der Waals surface area contributed by atoms with Crippen LogP contribution in [0.2, 0.25) is 0 Å². The van der Waals surface area contributed by atoms with Crippen molar-refractivity contribution >= 4 is 5.97 Å². The second-order valence-corrected chi connectivity index (χ2v) is 15.3. The second kappa shape index (κ2) is 7.61. The molecule has 1 unspecified atom stereocenters. The van der Waals surface area contributed by atoms with Crippen LogP contribution in [0, 0.1) is 50.7 Å². The molecule has 0 radical (unpaired) electrons. The zero-order valence-electron chi connectivity index (χ0n) is 23.8. The number of ether oxygens (including phenoxy) is 1. The lowest BCUT2D eigenvalue weighted by Crippen LogP contribution is -2.68. The van der Waals surface area contributed by atoms with Crippen molar-refractivity contribution in [2.45, 2.75) is 133 Å². The van der Waals surface area contributed by atoms with E-state index in [2.05, 4.69) is 55.4 Å². The first kappa shape index (κ1) is 24.9. The monoisotopic (exact) mass is 468 g/mol. The molecule has 4 saturated carbocycles. The highest BCUT2D eigenvalue weighted by atomic mass is 16.5. The first-order valence-corrected chi connectivity index (χ1v) is 14.6. The van der Waals surface area contributed by atoms with E-state index in [1.807, 2.05) is 5.57 Å². The summed E-state index contributed by atoms with van der Waals surface area (Å²) < 4.78 is 6.31. The summed E-state index contributed by atoms with van der Waals surface area (Å²) in [6.07, 6.45) is 13.1. The van der Waals surface area contributed by atoms with Gasteiger partial charge in [-0.1, -0.05) is 73.0 Å². The maximum Gasteiger partial charge on any atom is 0.302 e. The summed E-state index contributed by atoms with van der Waals surface area (Å²) in [6.45, 7) is 22.0. The van der Waals surface area contributed by atoms with E-state index in [4.69, 9.17) is 4.74 Å². The van der Waals surface area contributed by atoms with Gasteiger partial charge in [0, 0.05) is 12.8 Å². The quantitative estimate of drug-likeness (QED) is 0.299. The van der Waals surface area contributed by atoms with Crippen molar-refractivity contribution in [2.75, 3.05) is 0 Å². The van der Waals surface area contributed by atoms with Crippen molar-refractivity contribution in [3.8, 4) is 0 Å². The highest BCUT2D eigenvalue weighted by Crippen LogP contribution is 2.77. The SMILES string of the molecule is CC(=O)O[C@H]1C[C@]2(C)[C@H](CC[C@@H]3[C@@]4(C)CCC(C(C)C)=C4CC[C@]32C)[C@@]2(C)CCCC(C)(C)C12. The van der Waals surface area contributed by atoms with Crippen LogP contribution >= 0.6 is 0 Å². The summed E-state index contributed by atoms with van der Waals surface area (Å²) in [5.74, 6) is 2.59. The van der Waals surface area contributed by atoms with Crippen molar-refractivity contribution < 1.29 is 9.53 Å². The lowest BCUT2D eigenvalue weighted by molar-refractivity contribution is -0.261. The molecule has 5 rings (SSSR count). The molecule has 0 aromatic heterocycles. The van der Waals surface area contributed by atoms with Gasteiger partial charge in [-0.15, -0.1) is 0 Å². The number of hydrogen-bond acceptors (Lipinski definition) is 2. The van der Waals surface area contributed by atoms with Crippen molar-refractivity contribution in [2.24, 2.45) is 50.7 Å². The van der Waals surface area contributed by atoms with E-state index in [1.165, 1.54) is 57.8 Å². The van der Waals surface area contributed by atoms with E-state index < -0.39 is 0 Å². The predicted molar refractivity (Wildman–Crippen MR) is 140 cm³/mol. The van der Waals surface area contributed by atoms with Crippen LogP contribution in [0.1, 0.15) is 127 Å². The maximum atomic E-state index is 12.4. The Morgan fingerprint density at radius 1 is 0.882 bits per heavy atom. The molecular weight excluding hydrogens is 416 g/mol. The maximum absolute atomic E-state index is 12.4. The molecular formula is C32H52O2. The van der Waals surface area contributed by atoms with Crippen LogP contribution in [0.25, 0.3) is 0 Å². The highest BCUT2D eigenvalue weighted by molar-refractivity contribution is 5.66. The molecule has 0 N–H and O–H groups in total. The lowest BCUT2D eigenvalue weighted by Gasteiger charge is -2.73. The van der Waals surface area contributed by atoms with Gasteiger partial charge in [0.2, 0.25) is 0 Å². The molecule has 2 nitrogen and oxygen atoms in total. The summed E-state index contributed by atoms with van der Waals surface area (Å²) in [7, 11) is 0. The van der Waals surface area contributed by atoms with Crippen LogP contribution in [0.3, 0.4) is 0 Å². The lowest BCUT2D eigenvalue weighted by atomic mass is 9.32. The fraction of sp³-hybridized carbons (Fsp3) is 0.906. The first-order chi connectivity index (χ1) is 15.7. The number of hydrogen-bond donors (Lipinski definition) is 0. The first-order valence-electron chi connectivity index (χ1n) is 14.6. The van der Waals surface area contributed by atoms with E-state index in [0.717, 1.165) is 18.3 Å². The number of carbonyl (C=O) groups is 1. The van der Waals surface area contributed by atoms with Gasteiger partial charge in [-0.05, 0) is 103 Å². The Labute approximate surface area is 210 Å². The Morgan fingerprint density at radius 2 is 1.56 bits per heavy atom. The van der Waals surface area contributed by atoms with E-state index >= 15 is 0 Å². The van der Waals surface area contributed by atoms with Crippen LogP contribution in [-0.2, 0) is 9.53 Å². The average Bonchev–Trinajstić information content (AvgIpc) is 3.04. The van der Waals surface area contributed by atoms with Crippen molar-refractivity contribution in [3.05, 3.63) is 11.1 Å². The summed E-state index contributed by atoms with van der Waals surface area (Å²) in [5, 5.41) is 0. The number of allylic oxidation sites excluding steroid dienone is 2. The fourth-order valence-electron chi connectivity index (χ4n) is 11.9. The van der Waals surface area contributed by atoms with E-state index in [-0.39, 0.29) is 28.3 Å². The molecule has 0 bridgehead atoms. The second-order valence-electron chi connectivity index (χ2n) is 15.3.